The van der Waals surface area contributed by atoms with Crippen molar-refractivity contribution in [3.63, 3.8) is 0 Å². The minimum Gasteiger partial charge on any atom is -0.367 e. The molecule has 1 heterocycles. The average molecular weight is 191 g/mol. The van der Waals surface area contributed by atoms with Gasteiger partial charge in [0, 0.05) is 18.3 Å². The van der Waals surface area contributed by atoms with Gasteiger partial charge in [0.15, 0.2) is 0 Å². The summed E-state index contributed by atoms with van der Waals surface area (Å²) in [6.45, 7) is 0. The molecule has 3 heteroatoms. The smallest absolute Gasteiger partial charge is 0.126 e. The zero-order chi connectivity index (χ0) is 9.80. The third-order valence-electron chi connectivity index (χ3n) is 2.86. The lowest BCUT2D eigenvalue weighted by molar-refractivity contribution is 0.575. The van der Waals surface area contributed by atoms with E-state index in [0.717, 1.165) is 5.82 Å². The van der Waals surface area contributed by atoms with Gasteiger partial charge in [-0.25, -0.2) is 4.98 Å². The molecule has 0 aromatic carbocycles. The van der Waals surface area contributed by atoms with Crippen molar-refractivity contribution in [3.05, 3.63) is 24.4 Å². The van der Waals surface area contributed by atoms with Crippen LogP contribution in [0.25, 0.3) is 0 Å². The van der Waals surface area contributed by atoms with E-state index in [1.54, 1.807) is 0 Å². The SMILES string of the molecule is CNC1CCC(Nc2ccccn2)C1. The van der Waals surface area contributed by atoms with Crippen LogP contribution in [0.15, 0.2) is 24.4 Å². The van der Waals surface area contributed by atoms with Crippen molar-refractivity contribution in [1.82, 2.24) is 10.3 Å². The molecule has 1 fully saturated rings. The minimum atomic E-state index is 0.586. The molecule has 2 atom stereocenters. The molecule has 0 saturated heterocycles. The number of aromatic nitrogens is 1. The number of hydrogen-bond donors (Lipinski definition) is 2. The summed E-state index contributed by atoms with van der Waals surface area (Å²) >= 11 is 0. The second-order valence-corrected chi connectivity index (χ2v) is 3.85. The van der Waals surface area contributed by atoms with E-state index in [4.69, 9.17) is 0 Å². The van der Waals surface area contributed by atoms with Crippen LogP contribution in [0.2, 0.25) is 0 Å². The summed E-state index contributed by atoms with van der Waals surface area (Å²) in [5.74, 6) is 0.995. The highest BCUT2D eigenvalue weighted by Crippen LogP contribution is 2.21. The Hall–Kier alpha value is -1.09. The molecular weight excluding hydrogens is 174 g/mol. The Morgan fingerprint density at radius 2 is 2.14 bits per heavy atom. The normalized spacial score (nSPS) is 26.4. The van der Waals surface area contributed by atoms with Gasteiger partial charge in [0.1, 0.15) is 5.82 Å². The number of nitrogens with zero attached hydrogens (tertiary/aromatic N) is 1. The maximum absolute atomic E-state index is 4.26. The van der Waals surface area contributed by atoms with Crippen LogP contribution in [-0.2, 0) is 0 Å². The first kappa shape index (κ1) is 9.46. The Morgan fingerprint density at radius 3 is 2.79 bits per heavy atom. The van der Waals surface area contributed by atoms with Crippen LogP contribution in [0.4, 0.5) is 5.82 Å². The fraction of sp³-hybridized carbons (Fsp3) is 0.545. The lowest BCUT2D eigenvalue weighted by Crippen LogP contribution is -2.24. The minimum absolute atomic E-state index is 0.586. The highest BCUT2D eigenvalue weighted by atomic mass is 15.0. The first-order valence-corrected chi connectivity index (χ1v) is 5.23. The zero-order valence-corrected chi connectivity index (χ0v) is 8.53. The molecule has 2 unspecified atom stereocenters. The molecule has 1 aliphatic carbocycles. The third-order valence-corrected chi connectivity index (χ3v) is 2.86. The Balaban J connectivity index is 1.88. The van der Waals surface area contributed by atoms with Gasteiger partial charge in [0.25, 0.3) is 0 Å². The summed E-state index contributed by atoms with van der Waals surface area (Å²) in [5.41, 5.74) is 0. The average Bonchev–Trinajstić information content (AvgIpc) is 2.67. The van der Waals surface area contributed by atoms with Gasteiger partial charge in [0.2, 0.25) is 0 Å². The zero-order valence-electron chi connectivity index (χ0n) is 8.53. The molecule has 1 aromatic heterocycles. The summed E-state index contributed by atoms with van der Waals surface area (Å²) in [6, 6.07) is 7.24. The van der Waals surface area contributed by atoms with Gasteiger partial charge in [-0.05, 0) is 38.4 Å². The highest BCUT2D eigenvalue weighted by molar-refractivity contribution is 5.34. The molecule has 76 valence electrons. The van der Waals surface area contributed by atoms with Gasteiger partial charge in [-0.15, -0.1) is 0 Å². The van der Waals surface area contributed by atoms with Crippen LogP contribution in [0.5, 0.6) is 0 Å². The van der Waals surface area contributed by atoms with E-state index in [9.17, 15) is 0 Å². The van der Waals surface area contributed by atoms with Crippen LogP contribution >= 0.6 is 0 Å². The van der Waals surface area contributed by atoms with Crippen molar-refractivity contribution in [3.8, 4) is 0 Å². The number of anilines is 1. The summed E-state index contributed by atoms with van der Waals surface area (Å²) in [5, 5.41) is 6.77. The quantitative estimate of drug-likeness (QED) is 0.762. The standard InChI is InChI=1S/C11H17N3/c1-12-9-5-6-10(8-9)14-11-4-2-3-7-13-11/h2-4,7,9-10,12H,5-6,8H2,1H3,(H,13,14). The van der Waals surface area contributed by atoms with Crippen molar-refractivity contribution < 1.29 is 0 Å². The van der Waals surface area contributed by atoms with Crippen molar-refractivity contribution >= 4 is 5.82 Å². The molecule has 1 aromatic rings. The van der Waals surface area contributed by atoms with E-state index in [1.165, 1.54) is 19.3 Å². The molecule has 0 amide bonds. The van der Waals surface area contributed by atoms with Gasteiger partial charge < -0.3 is 10.6 Å². The first-order chi connectivity index (χ1) is 6.88. The molecule has 0 spiro atoms. The van der Waals surface area contributed by atoms with Gasteiger partial charge in [0.05, 0.1) is 0 Å². The van der Waals surface area contributed by atoms with Crippen LogP contribution in [0.3, 0.4) is 0 Å². The van der Waals surface area contributed by atoms with Crippen molar-refractivity contribution in [2.24, 2.45) is 0 Å². The second kappa shape index (κ2) is 4.42. The lowest BCUT2D eigenvalue weighted by Gasteiger charge is -2.13. The lowest BCUT2D eigenvalue weighted by atomic mass is 10.2. The van der Waals surface area contributed by atoms with Crippen molar-refractivity contribution in [2.75, 3.05) is 12.4 Å². The van der Waals surface area contributed by atoms with Gasteiger partial charge in [-0.1, -0.05) is 6.07 Å². The number of nitrogens with one attached hydrogen (secondary N) is 2. The molecule has 2 rings (SSSR count). The molecular formula is C11H17N3. The van der Waals surface area contributed by atoms with E-state index >= 15 is 0 Å². The largest absolute Gasteiger partial charge is 0.367 e. The van der Waals surface area contributed by atoms with E-state index < -0.39 is 0 Å². The fourth-order valence-electron chi connectivity index (χ4n) is 2.03. The highest BCUT2D eigenvalue weighted by Gasteiger charge is 2.22. The monoisotopic (exact) mass is 191 g/mol. The Morgan fingerprint density at radius 1 is 1.29 bits per heavy atom. The predicted octanol–water partition coefficient (Wildman–Crippen LogP) is 1.63. The van der Waals surface area contributed by atoms with Crippen molar-refractivity contribution in [1.29, 1.82) is 0 Å². The molecule has 1 aliphatic rings. The van der Waals surface area contributed by atoms with Crippen LogP contribution in [-0.4, -0.2) is 24.1 Å². The van der Waals surface area contributed by atoms with E-state index in [2.05, 4.69) is 15.6 Å². The summed E-state index contributed by atoms with van der Waals surface area (Å²) in [7, 11) is 2.04. The van der Waals surface area contributed by atoms with Gasteiger partial charge >= 0.3 is 0 Å². The number of hydrogen-bond acceptors (Lipinski definition) is 3. The second-order valence-electron chi connectivity index (χ2n) is 3.85. The molecule has 0 bridgehead atoms. The van der Waals surface area contributed by atoms with E-state index in [0.29, 0.717) is 12.1 Å². The molecule has 3 nitrogen and oxygen atoms in total. The van der Waals surface area contributed by atoms with Crippen LogP contribution in [0.1, 0.15) is 19.3 Å². The molecule has 2 N–H and O–H groups in total. The third kappa shape index (κ3) is 2.23. The predicted molar refractivity (Wildman–Crippen MR) is 58.3 cm³/mol. The van der Waals surface area contributed by atoms with Gasteiger partial charge in [-0.3, -0.25) is 0 Å². The number of pyridine rings is 1. The maximum Gasteiger partial charge on any atom is 0.126 e. The molecule has 1 saturated carbocycles. The molecule has 0 radical (unpaired) electrons. The topological polar surface area (TPSA) is 37.0 Å². The molecule has 14 heavy (non-hydrogen) atoms. The molecule has 0 aliphatic heterocycles. The van der Waals surface area contributed by atoms with E-state index in [1.807, 2.05) is 31.4 Å². The maximum atomic E-state index is 4.26. The Bertz CT molecular complexity index is 273. The van der Waals surface area contributed by atoms with Crippen LogP contribution < -0.4 is 10.6 Å². The summed E-state index contributed by atoms with van der Waals surface area (Å²) in [6.07, 6.45) is 5.53. The Labute approximate surface area is 84.9 Å². The summed E-state index contributed by atoms with van der Waals surface area (Å²) < 4.78 is 0. The summed E-state index contributed by atoms with van der Waals surface area (Å²) in [4.78, 5) is 4.26. The van der Waals surface area contributed by atoms with E-state index in [-0.39, 0.29) is 0 Å². The van der Waals surface area contributed by atoms with Gasteiger partial charge in [-0.2, -0.15) is 0 Å². The van der Waals surface area contributed by atoms with Crippen molar-refractivity contribution in [2.45, 2.75) is 31.3 Å². The Kier molecular flexibility index (Phi) is 2.99. The number of rotatable bonds is 3. The fourth-order valence-corrected chi connectivity index (χ4v) is 2.03. The van der Waals surface area contributed by atoms with Crippen LogP contribution in [0, 0.1) is 0 Å². The first-order valence-electron chi connectivity index (χ1n) is 5.23.